The number of hydrogen-bond donors (Lipinski definition) is 5. The van der Waals surface area contributed by atoms with Crippen molar-refractivity contribution in [3.8, 4) is 17.1 Å². The van der Waals surface area contributed by atoms with Crippen molar-refractivity contribution in [2.75, 3.05) is 13.3 Å². The summed E-state index contributed by atoms with van der Waals surface area (Å²) in [5.41, 5.74) is 0.507. The first-order chi connectivity index (χ1) is 20.2. The average Bonchev–Trinajstić information content (AvgIpc) is 3.47. The van der Waals surface area contributed by atoms with Gasteiger partial charge in [0.1, 0.15) is 11.5 Å². The largest absolute Gasteiger partial charge is 0.494 e. The Balaban J connectivity index is 2.10. The van der Waals surface area contributed by atoms with Crippen LogP contribution in [0.15, 0.2) is 60.0 Å². The average molecular weight is 605 g/mol. The lowest BCUT2D eigenvalue weighted by Crippen LogP contribution is -2.48. The van der Waals surface area contributed by atoms with Crippen molar-refractivity contribution < 1.29 is 38.2 Å². The number of hydrogen-bond acceptors (Lipinski definition) is 9. The second-order valence-electron chi connectivity index (χ2n) is 9.23. The normalized spacial score (nSPS) is 12.1. The number of nitrogens with zero attached hydrogens (tertiary/aromatic N) is 1. The summed E-state index contributed by atoms with van der Waals surface area (Å²) >= 11 is 0. The lowest BCUT2D eigenvalue weighted by Gasteiger charge is -2.32. The second kappa shape index (κ2) is 17.8. The number of hydroxylamine groups is 2. The van der Waals surface area contributed by atoms with Gasteiger partial charge < -0.3 is 39.7 Å². The molecule has 1 aromatic heterocycles. The van der Waals surface area contributed by atoms with E-state index in [-0.39, 0.29) is 29.5 Å². The van der Waals surface area contributed by atoms with Crippen LogP contribution in [0.3, 0.4) is 0 Å². The number of benzene rings is 1. The first-order valence-electron chi connectivity index (χ1n) is 13.8. The van der Waals surface area contributed by atoms with Crippen LogP contribution >= 0.6 is 8.38 Å². The molecular weight excluding hydrogens is 563 g/mol. The Bertz CT molecular complexity index is 1200. The standard InChI is InChI=1S/C29H41N4O8P/c1-6-10-11-12-24(25(7-2)33(19-34)41-20(5)30-8-3)28(35)31-18-32-29(36)27-14-13-26(40-27)21-15-22(39-9-4)17-23(16-21)42(37)38/h8,13-17,19,24-25,30,37-38H,3,5-7,9-12,18H2,1-2,4H3,(H,31,35)(H,32,36). The van der Waals surface area contributed by atoms with Crippen LogP contribution in [0.25, 0.3) is 11.3 Å². The molecule has 0 aliphatic rings. The van der Waals surface area contributed by atoms with Gasteiger partial charge in [0.25, 0.3) is 5.91 Å². The molecule has 0 radical (unpaired) electrons. The summed E-state index contributed by atoms with van der Waals surface area (Å²) in [6, 6.07) is 7.23. The number of ether oxygens (including phenoxy) is 1. The van der Waals surface area contributed by atoms with Crippen LogP contribution < -0.4 is 26.0 Å². The number of carbonyl (C=O) groups excluding carboxylic acids is 3. The maximum atomic E-state index is 13.3. The van der Waals surface area contributed by atoms with Crippen LogP contribution in [-0.2, 0) is 14.4 Å². The first kappa shape index (κ1) is 34.3. The fourth-order valence-corrected chi connectivity index (χ4v) is 4.82. The molecule has 0 fully saturated rings. The van der Waals surface area contributed by atoms with E-state index in [1.807, 2.05) is 13.8 Å². The maximum absolute atomic E-state index is 13.3. The third kappa shape index (κ3) is 10.2. The van der Waals surface area contributed by atoms with Crippen molar-refractivity contribution in [3.05, 3.63) is 61.3 Å². The van der Waals surface area contributed by atoms with E-state index in [9.17, 15) is 24.2 Å². The zero-order chi connectivity index (χ0) is 31.1. The quantitative estimate of drug-likeness (QED) is 0.0379. The van der Waals surface area contributed by atoms with E-state index in [2.05, 4.69) is 36.0 Å². The highest BCUT2D eigenvalue weighted by Gasteiger charge is 2.32. The molecule has 2 rings (SSSR count). The molecule has 3 amide bonds. The highest BCUT2D eigenvalue weighted by atomic mass is 31.2. The van der Waals surface area contributed by atoms with E-state index in [4.69, 9.17) is 14.0 Å². The summed E-state index contributed by atoms with van der Waals surface area (Å²) in [4.78, 5) is 62.7. The minimum absolute atomic E-state index is 0.00225. The van der Waals surface area contributed by atoms with Gasteiger partial charge in [-0.05, 0) is 62.9 Å². The van der Waals surface area contributed by atoms with Crippen LogP contribution in [0.5, 0.6) is 5.75 Å². The van der Waals surface area contributed by atoms with E-state index < -0.39 is 26.2 Å². The molecule has 0 spiro atoms. The summed E-state index contributed by atoms with van der Waals surface area (Å²) in [6.45, 7) is 13.1. The van der Waals surface area contributed by atoms with Crippen molar-refractivity contribution in [1.82, 2.24) is 21.0 Å². The number of carbonyl (C=O) groups is 3. The molecule has 5 N–H and O–H groups in total. The number of rotatable bonds is 20. The molecule has 0 bridgehead atoms. The predicted molar refractivity (Wildman–Crippen MR) is 160 cm³/mol. The number of nitrogens with one attached hydrogen (secondary N) is 3. The van der Waals surface area contributed by atoms with E-state index in [1.54, 1.807) is 18.2 Å². The summed E-state index contributed by atoms with van der Waals surface area (Å²) in [6.07, 6.45) is 5.46. The molecule has 1 aromatic carbocycles. The smallest absolute Gasteiger partial charge is 0.288 e. The molecule has 0 saturated carbocycles. The second-order valence-corrected chi connectivity index (χ2v) is 10.3. The molecule has 12 nitrogen and oxygen atoms in total. The van der Waals surface area contributed by atoms with E-state index >= 15 is 0 Å². The van der Waals surface area contributed by atoms with Crippen molar-refractivity contribution in [1.29, 1.82) is 0 Å². The van der Waals surface area contributed by atoms with Crippen LogP contribution in [0.4, 0.5) is 0 Å². The van der Waals surface area contributed by atoms with Gasteiger partial charge in [0, 0.05) is 10.9 Å². The van der Waals surface area contributed by atoms with Crippen LogP contribution in [-0.4, -0.2) is 52.4 Å². The molecular formula is C29H41N4O8P. The van der Waals surface area contributed by atoms with Gasteiger partial charge in [0.15, 0.2) is 14.1 Å². The minimum atomic E-state index is -2.36. The van der Waals surface area contributed by atoms with E-state index in [1.165, 1.54) is 18.3 Å². The van der Waals surface area contributed by atoms with Crippen LogP contribution in [0.2, 0.25) is 0 Å². The van der Waals surface area contributed by atoms with E-state index in [0.29, 0.717) is 42.9 Å². The van der Waals surface area contributed by atoms with Crippen molar-refractivity contribution in [2.24, 2.45) is 5.92 Å². The molecule has 13 heteroatoms. The van der Waals surface area contributed by atoms with E-state index in [0.717, 1.165) is 24.3 Å². The Hall–Kier alpha value is -3.86. The fourth-order valence-electron chi connectivity index (χ4n) is 4.33. The lowest BCUT2D eigenvalue weighted by molar-refractivity contribution is -0.179. The van der Waals surface area contributed by atoms with Gasteiger partial charge in [-0.3, -0.25) is 14.4 Å². The Morgan fingerprint density at radius 3 is 2.52 bits per heavy atom. The molecule has 0 saturated heterocycles. The van der Waals surface area contributed by atoms with Gasteiger partial charge >= 0.3 is 0 Å². The Morgan fingerprint density at radius 1 is 1.14 bits per heavy atom. The lowest BCUT2D eigenvalue weighted by atomic mass is 9.90. The van der Waals surface area contributed by atoms with Gasteiger partial charge in [0.2, 0.25) is 18.2 Å². The monoisotopic (exact) mass is 604 g/mol. The summed E-state index contributed by atoms with van der Waals surface area (Å²) < 4.78 is 11.2. The fraction of sp³-hybridized carbons (Fsp3) is 0.414. The zero-order valence-corrected chi connectivity index (χ0v) is 25.2. The van der Waals surface area contributed by atoms with Crippen LogP contribution in [0.1, 0.15) is 63.4 Å². The Kier molecular flexibility index (Phi) is 14.6. The summed E-state index contributed by atoms with van der Waals surface area (Å²) in [7, 11) is -2.36. The summed E-state index contributed by atoms with van der Waals surface area (Å²) in [5, 5.41) is 9.34. The third-order valence-corrected chi connectivity index (χ3v) is 7.03. The predicted octanol–water partition coefficient (Wildman–Crippen LogP) is 3.64. The van der Waals surface area contributed by atoms with Crippen molar-refractivity contribution in [2.45, 2.75) is 58.9 Å². The van der Waals surface area contributed by atoms with Crippen molar-refractivity contribution in [3.63, 3.8) is 0 Å². The molecule has 1 heterocycles. The van der Waals surface area contributed by atoms with Gasteiger partial charge in [-0.2, -0.15) is 5.06 Å². The molecule has 230 valence electrons. The topological polar surface area (TPSA) is 163 Å². The maximum Gasteiger partial charge on any atom is 0.288 e. The molecule has 2 aromatic rings. The van der Waals surface area contributed by atoms with Gasteiger partial charge in [0.05, 0.1) is 25.2 Å². The minimum Gasteiger partial charge on any atom is -0.494 e. The van der Waals surface area contributed by atoms with Crippen molar-refractivity contribution >= 4 is 31.9 Å². The highest BCUT2D eigenvalue weighted by molar-refractivity contribution is 7.54. The zero-order valence-electron chi connectivity index (χ0n) is 24.3. The first-order valence-corrected chi connectivity index (χ1v) is 15.0. The highest BCUT2D eigenvalue weighted by Crippen LogP contribution is 2.31. The SMILES string of the molecule is C=CNC(=C)ON(C=O)C(CC)C(CCCCC)C(=O)NCNC(=O)c1ccc(-c2cc(OCC)cc(P(O)O)c2)o1. The third-order valence-electron chi connectivity index (χ3n) is 6.31. The number of unbranched alkanes of at least 4 members (excludes halogenated alkanes) is 2. The molecule has 0 aliphatic heterocycles. The van der Waals surface area contributed by atoms with Gasteiger partial charge in [-0.1, -0.05) is 39.7 Å². The molecule has 2 unspecified atom stereocenters. The number of furan rings is 1. The van der Waals surface area contributed by atoms with Gasteiger partial charge in [-0.25, -0.2) is 0 Å². The Morgan fingerprint density at radius 2 is 1.90 bits per heavy atom. The Labute approximate surface area is 247 Å². The van der Waals surface area contributed by atoms with Gasteiger partial charge in [-0.15, -0.1) is 0 Å². The van der Waals surface area contributed by atoms with Crippen LogP contribution in [0, 0.1) is 5.92 Å². The molecule has 0 aliphatic carbocycles. The molecule has 42 heavy (non-hydrogen) atoms. The molecule has 2 atom stereocenters. The number of amides is 3. The summed E-state index contributed by atoms with van der Waals surface area (Å²) in [5.74, 6) is -0.669.